The van der Waals surface area contributed by atoms with Crippen LogP contribution in [-0.4, -0.2) is 19.2 Å². The minimum absolute atomic E-state index is 1.06. The van der Waals surface area contributed by atoms with Gasteiger partial charge in [0.25, 0.3) is 0 Å². The summed E-state index contributed by atoms with van der Waals surface area (Å²) in [6.45, 7) is 8.98. The first kappa shape index (κ1) is 24.1. The molecule has 29 heavy (non-hydrogen) atoms. The van der Waals surface area contributed by atoms with E-state index in [0.29, 0.717) is 0 Å². The maximum atomic E-state index is 6.70. The van der Waals surface area contributed by atoms with E-state index < -0.39 is 19.2 Å². The van der Waals surface area contributed by atoms with Crippen molar-refractivity contribution in [1.29, 1.82) is 0 Å². The van der Waals surface area contributed by atoms with Gasteiger partial charge in [-0.1, -0.05) is 0 Å². The van der Waals surface area contributed by atoms with Crippen molar-refractivity contribution in [3.05, 3.63) is 58.7 Å². The zero-order valence-electron chi connectivity index (χ0n) is 19.4. The normalized spacial score (nSPS) is 11.5. The predicted molar refractivity (Wildman–Crippen MR) is 128 cm³/mol. The Morgan fingerprint density at radius 2 is 0.966 bits per heavy atom. The first-order chi connectivity index (χ1) is 14.0. The van der Waals surface area contributed by atoms with Crippen molar-refractivity contribution < 1.29 is 6.15 Å². The second-order valence-corrected chi connectivity index (χ2v) is 17.5. The predicted octanol–water partition coefficient (Wildman–Crippen LogP) is 7.66. The molecule has 0 saturated carbocycles. The number of benzene rings is 2. The van der Waals surface area contributed by atoms with E-state index >= 15 is 0 Å². The zero-order chi connectivity index (χ0) is 21.3. The summed E-state index contributed by atoms with van der Waals surface area (Å²) in [5, 5.41) is 0. The molecule has 2 aromatic carbocycles. The molecule has 160 valence electrons. The molecular weight excluding hydrogens is 463 g/mol. The summed E-state index contributed by atoms with van der Waals surface area (Å²) in [4.78, 5) is 4.47. The van der Waals surface area contributed by atoms with Crippen LogP contribution in [0, 0.1) is 0 Å². The monoisotopic (exact) mass is 504 g/mol. The molecule has 0 unspecified atom stereocenters. The third-order valence-electron chi connectivity index (χ3n) is 5.21. The van der Waals surface area contributed by atoms with Gasteiger partial charge in [0, 0.05) is 0 Å². The fraction of sp³-hybridized carbons (Fsp3) is 0.538. The van der Waals surface area contributed by atoms with E-state index in [4.69, 9.17) is 6.15 Å². The Bertz CT molecular complexity index is 704. The SMILES string of the molecule is CCCc1cccc([O][Sn]([CH3])([CH3])[O]c2cccc(CCC)c2CCC)c1CCC. The fourth-order valence-corrected chi connectivity index (χ4v) is 8.27. The number of hydrogen-bond acceptors (Lipinski definition) is 2. The molecule has 0 spiro atoms. The third kappa shape index (κ3) is 6.94. The second kappa shape index (κ2) is 11.9. The standard InChI is InChI=1S/2C12H18O.2CH3.Sn/c2*1-3-6-10-8-5-9-12(13)11(10)7-4-2;;;/h2*5,8-9,13H,3-4,6-7H2,1-2H3;2*1H3;/q;;;;+2/p-2. The van der Waals surface area contributed by atoms with Crippen LogP contribution in [0.5, 0.6) is 11.5 Å². The molecule has 0 saturated heterocycles. The number of hydrogen-bond donors (Lipinski definition) is 0. The molecule has 0 heterocycles. The van der Waals surface area contributed by atoms with Crippen LogP contribution in [0.25, 0.3) is 0 Å². The quantitative estimate of drug-likeness (QED) is 0.277. The van der Waals surface area contributed by atoms with Crippen molar-refractivity contribution in [3.63, 3.8) is 0 Å². The van der Waals surface area contributed by atoms with Gasteiger partial charge >= 0.3 is 184 Å². The van der Waals surface area contributed by atoms with Crippen LogP contribution in [0.15, 0.2) is 36.4 Å². The van der Waals surface area contributed by atoms with Gasteiger partial charge in [-0.05, 0) is 0 Å². The van der Waals surface area contributed by atoms with Crippen molar-refractivity contribution in [2.24, 2.45) is 0 Å². The molecule has 0 aliphatic carbocycles. The summed E-state index contributed by atoms with van der Waals surface area (Å²) in [5.41, 5.74) is 5.65. The van der Waals surface area contributed by atoms with Gasteiger partial charge in [0.2, 0.25) is 0 Å². The summed E-state index contributed by atoms with van der Waals surface area (Å²) >= 11 is -3.25. The average molecular weight is 503 g/mol. The van der Waals surface area contributed by atoms with E-state index in [-0.39, 0.29) is 0 Å². The summed E-state index contributed by atoms with van der Waals surface area (Å²) in [6.07, 6.45) is 8.95. The van der Waals surface area contributed by atoms with E-state index in [1.807, 2.05) is 0 Å². The molecule has 2 aromatic rings. The molecule has 0 bridgehead atoms. The van der Waals surface area contributed by atoms with Crippen LogP contribution < -0.4 is 6.15 Å². The first-order valence-electron chi connectivity index (χ1n) is 11.5. The molecule has 2 nitrogen and oxygen atoms in total. The van der Waals surface area contributed by atoms with Crippen molar-refractivity contribution in [3.8, 4) is 11.5 Å². The Hall–Kier alpha value is -1.16. The van der Waals surface area contributed by atoms with Crippen LogP contribution in [0.1, 0.15) is 75.6 Å². The Morgan fingerprint density at radius 3 is 1.31 bits per heavy atom. The van der Waals surface area contributed by atoms with Gasteiger partial charge in [0.15, 0.2) is 0 Å². The van der Waals surface area contributed by atoms with Gasteiger partial charge < -0.3 is 0 Å². The van der Waals surface area contributed by atoms with Crippen molar-refractivity contribution in [2.45, 2.75) is 88.9 Å². The van der Waals surface area contributed by atoms with Gasteiger partial charge in [-0.2, -0.15) is 0 Å². The Kier molecular flexibility index (Phi) is 9.88. The van der Waals surface area contributed by atoms with Crippen LogP contribution in [0.3, 0.4) is 0 Å². The number of aryl methyl sites for hydroxylation is 2. The molecule has 0 N–H and O–H groups in total. The van der Waals surface area contributed by atoms with Gasteiger partial charge in [0.1, 0.15) is 0 Å². The summed E-state index contributed by atoms with van der Waals surface area (Å²) < 4.78 is 13.4. The van der Waals surface area contributed by atoms with E-state index in [1.165, 1.54) is 22.3 Å². The summed E-state index contributed by atoms with van der Waals surface area (Å²) in [5.74, 6) is 2.11. The Morgan fingerprint density at radius 1 is 0.586 bits per heavy atom. The van der Waals surface area contributed by atoms with Crippen LogP contribution in [-0.2, 0) is 25.7 Å². The molecule has 0 aliphatic heterocycles. The van der Waals surface area contributed by atoms with Gasteiger partial charge in [-0.25, -0.2) is 0 Å². The van der Waals surface area contributed by atoms with E-state index in [1.54, 1.807) is 0 Å². The van der Waals surface area contributed by atoms with Crippen LogP contribution in [0.2, 0.25) is 9.88 Å². The topological polar surface area (TPSA) is 18.5 Å². The zero-order valence-corrected chi connectivity index (χ0v) is 22.3. The summed E-state index contributed by atoms with van der Waals surface area (Å²) in [7, 11) is 0. The summed E-state index contributed by atoms with van der Waals surface area (Å²) in [6, 6.07) is 13.1. The molecule has 0 fully saturated rings. The maximum absolute atomic E-state index is 6.70. The number of rotatable bonds is 12. The molecule has 2 rings (SSSR count). The van der Waals surface area contributed by atoms with Crippen LogP contribution in [0.4, 0.5) is 0 Å². The molecule has 0 aliphatic rings. The van der Waals surface area contributed by atoms with Crippen molar-refractivity contribution in [2.75, 3.05) is 0 Å². The first-order valence-corrected chi connectivity index (χ1v) is 19.6. The van der Waals surface area contributed by atoms with E-state index in [9.17, 15) is 0 Å². The van der Waals surface area contributed by atoms with Crippen LogP contribution >= 0.6 is 0 Å². The molecular formula is C26H40O2Sn. The minimum atomic E-state index is -3.25. The fourth-order valence-electron chi connectivity index (χ4n) is 4.04. The third-order valence-corrected chi connectivity index (χ3v) is 9.27. The molecule has 3 heteroatoms. The average Bonchev–Trinajstić information content (AvgIpc) is 2.67. The molecule has 0 radical (unpaired) electrons. The van der Waals surface area contributed by atoms with Crippen molar-refractivity contribution >= 4 is 19.2 Å². The van der Waals surface area contributed by atoms with E-state index in [0.717, 1.165) is 62.9 Å². The van der Waals surface area contributed by atoms with Gasteiger partial charge in [-0.3, -0.25) is 0 Å². The molecule has 0 aromatic heterocycles. The molecule has 0 atom stereocenters. The van der Waals surface area contributed by atoms with Gasteiger partial charge in [0.05, 0.1) is 0 Å². The molecule has 0 amide bonds. The van der Waals surface area contributed by atoms with Crippen molar-refractivity contribution in [1.82, 2.24) is 0 Å². The van der Waals surface area contributed by atoms with Gasteiger partial charge in [-0.15, -0.1) is 0 Å². The Labute approximate surface area is 184 Å². The second-order valence-electron chi connectivity index (χ2n) is 8.39. The Balaban J connectivity index is 2.31. The van der Waals surface area contributed by atoms with E-state index in [2.05, 4.69) is 74.0 Å².